The predicted molar refractivity (Wildman–Crippen MR) is 128 cm³/mol. The van der Waals surface area contributed by atoms with Crippen LogP contribution in [0.25, 0.3) is 0 Å². The van der Waals surface area contributed by atoms with E-state index in [4.69, 9.17) is 0 Å². The van der Waals surface area contributed by atoms with Crippen molar-refractivity contribution < 1.29 is 5.11 Å². The molecule has 1 heteroatoms. The van der Waals surface area contributed by atoms with Crippen molar-refractivity contribution in [3.05, 3.63) is 23.3 Å². The summed E-state index contributed by atoms with van der Waals surface area (Å²) >= 11 is 0. The molecule has 0 aliphatic heterocycles. The standard InChI is InChI=1S/C29H48O/c1-7-21(19(2)3)9-8-20(4)25-12-13-26-24-11-10-22-18-23(30)14-16-28(22,5)27(24)15-17-29(25,26)6/h7,10,19-20,23-27,30H,8-9,11-18H2,1-6H3/b21-7+/t20-,23+,24?,25-,26+,27+,28+,29-/m1/s1. The Labute approximate surface area is 186 Å². The first kappa shape index (κ1) is 22.6. The molecule has 0 radical (unpaired) electrons. The molecule has 8 atom stereocenters. The van der Waals surface area contributed by atoms with E-state index in [0.717, 1.165) is 42.4 Å². The van der Waals surface area contributed by atoms with Crippen LogP contribution in [-0.4, -0.2) is 11.2 Å². The number of aliphatic hydroxyl groups is 1. The summed E-state index contributed by atoms with van der Waals surface area (Å²) in [5.74, 6) is 5.15. The lowest BCUT2D eigenvalue weighted by molar-refractivity contribution is -0.0571. The summed E-state index contributed by atoms with van der Waals surface area (Å²) in [6, 6.07) is 0. The van der Waals surface area contributed by atoms with Crippen LogP contribution in [0.4, 0.5) is 0 Å². The summed E-state index contributed by atoms with van der Waals surface area (Å²) in [6.07, 6.45) is 17.8. The smallest absolute Gasteiger partial charge is 0.0577 e. The summed E-state index contributed by atoms with van der Waals surface area (Å²) < 4.78 is 0. The van der Waals surface area contributed by atoms with Crippen LogP contribution in [0.5, 0.6) is 0 Å². The van der Waals surface area contributed by atoms with Gasteiger partial charge in [-0.3, -0.25) is 0 Å². The zero-order chi connectivity index (χ0) is 21.7. The molecule has 3 saturated carbocycles. The van der Waals surface area contributed by atoms with Gasteiger partial charge in [0.1, 0.15) is 0 Å². The van der Waals surface area contributed by atoms with Crippen LogP contribution in [-0.2, 0) is 0 Å². The molecule has 0 saturated heterocycles. The maximum absolute atomic E-state index is 10.2. The summed E-state index contributed by atoms with van der Waals surface area (Å²) in [7, 11) is 0. The summed E-state index contributed by atoms with van der Waals surface area (Å²) in [6.45, 7) is 14.7. The molecule has 0 aromatic heterocycles. The van der Waals surface area contributed by atoms with E-state index < -0.39 is 0 Å². The number of hydrogen-bond acceptors (Lipinski definition) is 1. The maximum Gasteiger partial charge on any atom is 0.0577 e. The topological polar surface area (TPSA) is 20.2 Å². The molecular formula is C29H48O. The lowest BCUT2D eigenvalue weighted by Crippen LogP contribution is -2.50. The molecule has 30 heavy (non-hydrogen) atoms. The molecule has 1 N–H and O–H groups in total. The van der Waals surface area contributed by atoms with E-state index in [1.807, 2.05) is 0 Å². The molecule has 0 bridgehead atoms. The zero-order valence-electron chi connectivity index (χ0n) is 20.7. The molecule has 1 unspecified atom stereocenters. The van der Waals surface area contributed by atoms with Gasteiger partial charge in [0.25, 0.3) is 0 Å². The van der Waals surface area contributed by atoms with Crippen molar-refractivity contribution in [2.24, 2.45) is 46.3 Å². The van der Waals surface area contributed by atoms with E-state index in [9.17, 15) is 5.11 Å². The third kappa shape index (κ3) is 3.66. The van der Waals surface area contributed by atoms with Gasteiger partial charge in [-0.1, -0.05) is 57.9 Å². The highest BCUT2D eigenvalue weighted by Gasteiger charge is 2.59. The van der Waals surface area contributed by atoms with Crippen molar-refractivity contribution in [3.63, 3.8) is 0 Å². The van der Waals surface area contributed by atoms with Crippen molar-refractivity contribution >= 4 is 0 Å². The van der Waals surface area contributed by atoms with E-state index in [1.54, 1.807) is 11.1 Å². The molecule has 0 heterocycles. The molecular weight excluding hydrogens is 364 g/mol. The number of rotatable bonds is 5. The highest BCUT2D eigenvalue weighted by atomic mass is 16.3. The highest BCUT2D eigenvalue weighted by Crippen LogP contribution is 2.67. The summed E-state index contributed by atoms with van der Waals surface area (Å²) in [4.78, 5) is 0. The van der Waals surface area contributed by atoms with Gasteiger partial charge in [0.2, 0.25) is 0 Å². The molecule has 4 rings (SSSR count). The highest BCUT2D eigenvalue weighted by molar-refractivity contribution is 5.25. The Morgan fingerprint density at radius 1 is 1.10 bits per heavy atom. The summed E-state index contributed by atoms with van der Waals surface area (Å²) in [5, 5.41) is 10.2. The molecule has 4 aliphatic carbocycles. The van der Waals surface area contributed by atoms with Gasteiger partial charge < -0.3 is 5.11 Å². The average molecular weight is 413 g/mol. The Kier molecular flexibility index (Phi) is 6.35. The third-order valence-electron chi connectivity index (χ3n) is 10.8. The van der Waals surface area contributed by atoms with Gasteiger partial charge in [-0.05, 0) is 117 Å². The fraction of sp³-hybridized carbons (Fsp3) is 0.862. The second-order valence-corrected chi connectivity index (χ2v) is 12.4. The first-order chi connectivity index (χ1) is 14.2. The Bertz CT molecular complexity index is 686. The van der Waals surface area contributed by atoms with Crippen molar-refractivity contribution in [2.45, 2.75) is 112 Å². The van der Waals surface area contributed by atoms with Crippen molar-refractivity contribution in [1.82, 2.24) is 0 Å². The molecule has 4 aliphatic rings. The second kappa shape index (κ2) is 8.42. The minimum absolute atomic E-state index is 0.0839. The number of aliphatic hydroxyl groups excluding tert-OH is 1. The van der Waals surface area contributed by atoms with Gasteiger partial charge in [-0.25, -0.2) is 0 Å². The lowest BCUT2D eigenvalue weighted by Gasteiger charge is -2.58. The Morgan fingerprint density at radius 2 is 1.87 bits per heavy atom. The fourth-order valence-corrected chi connectivity index (χ4v) is 8.98. The fourth-order valence-electron chi connectivity index (χ4n) is 8.98. The van der Waals surface area contributed by atoms with E-state index >= 15 is 0 Å². The average Bonchev–Trinajstić information content (AvgIpc) is 3.06. The van der Waals surface area contributed by atoms with E-state index in [2.05, 4.69) is 53.7 Å². The second-order valence-electron chi connectivity index (χ2n) is 12.4. The number of allylic oxidation sites excluding steroid dienone is 3. The first-order valence-corrected chi connectivity index (χ1v) is 13.2. The van der Waals surface area contributed by atoms with Crippen molar-refractivity contribution in [3.8, 4) is 0 Å². The number of hydrogen-bond donors (Lipinski definition) is 1. The van der Waals surface area contributed by atoms with Crippen LogP contribution in [0.1, 0.15) is 106 Å². The van der Waals surface area contributed by atoms with Gasteiger partial charge in [0.15, 0.2) is 0 Å². The molecule has 1 nitrogen and oxygen atoms in total. The van der Waals surface area contributed by atoms with Crippen LogP contribution in [0.15, 0.2) is 23.3 Å². The monoisotopic (exact) mass is 412 g/mol. The minimum Gasteiger partial charge on any atom is -0.393 e. The van der Waals surface area contributed by atoms with Crippen molar-refractivity contribution in [1.29, 1.82) is 0 Å². The van der Waals surface area contributed by atoms with Crippen LogP contribution in [0.2, 0.25) is 0 Å². The van der Waals surface area contributed by atoms with E-state index in [0.29, 0.717) is 16.7 Å². The maximum atomic E-state index is 10.2. The molecule has 0 amide bonds. The largest absolute Gasteiger partial charge is 0.393 e. The quantitative estimate of drug-likeness (QED) is 0.454. The Morgan fingerprint density at radius 3 is 2.57 bits per heavy atom. The van der Waals surface area contributed by atoms with Crippen molar-refractivity contribution in [2.75, 3.05) is 0 Å². The van der Waals surface area contributed by atoms with Crippen LogP contribution < -0.4 is 0 Å². The minimum atomic E-state index is -0.0839. The lowest BCUT2D eigenvalue weighted by atomic mass is 9.47. The molecule has 0 aromatic carbocycles. The number of fused-ring (bicyclic) bond motifs is 5. The van der Waals surface area contributed by atoms with Crippen LogP contribution in [0, 0.1) is 46.3 Å². The summed E-state index contributed by atoms with van der Waals surface area (Å²) in [5.41, 5.74) is 4.21. The Balaban J connectivity index is 1.49. The SMILES string of the molecule is C/C=C(\CC[C@@H](C)[C@H]1CC[C@H]2C3CC=C4C[C@@H](O)CC[C@]4(C)[C@H]3CC[C@]12C)C(C)C. The molecule has 0 spiro atoms. The van der Waals surface area contributed by atoms with E-state index in [-0.39, 0.29) is 6.10 Å². The molecule has 170 valence electrons. The zero-order valence-corrected chi connectivity index (χ0v) is 20.7. The van der Waals surface area contributed by atoms with Gasteiger partial charge in [0, 0.05) is 0 Å². The predicted octanol–water partition coefficient (Wildman–Crippen LogP) is 7.94. The van der Waals surface area contributed by atoms with Crippen LogP contribution >= 0.6 is 0 Å². The molecule has 0 aromatic rings. The normalized spacial score (nSPS) is 44.9. The Hall–Kier alpha value is -0.560. The first-order valence-electron chi connectivity index (χ1n) is 13.2. The van der Waals surface area contributed by atoms with E-state index in [1.165, 1.54) is 51.4 Å². The molecule has 3 fully saturated rings. The third-order valence-corrected chi connectivity index (χ3v) is 10.8. The van der Waals surface area contributed by atoms with Gasteiger partial charge in [-0.2, -0.15) is 0 Å². The van der Waals surface area contributed by atoms with Crippen LogP contribution in [0.3, 0.4) is 0 Å². The van der Waals surface area contributed by atoms with Gasteiger partial charge >= 0.3 is 0 Å². The van der Waals surface area contributed by atoms with Gasteiger partial charge in [0.05, 0.1) is 6.10 Å². The van der Waals surface area contributed by atoms with Gasteiger partial charge in [-0.15, -0.1) is 0 Å².